The number of fused-ring (bicyclic) bond motifs is 1. The Morgan fingerprint density at radius 3 is 2.44 bits per heavy atom. The standard InChI is InChI=1S/C14H10N2O2/c17-16(18)11-7-5-10(6-8-11)13-9-15-14-4-2-1-3-12(13)14/h1-9,15H. The van der Waals surface area contributed by atoms with Crippen molar-refractivity contribution in [2.24, 2.45) is 0 Å². The number of nitrogens with zero attached hydrogens (tertiary/aromatic N) is 1. The van der Waals surface area contributed by atoms with Crippen LogP contribution in [0.15, 0.2) is 54.7 Å². The smallest absolute Gasteiger partial charge is 0.269 e. The minimum atomic E-state index is -0.390. The third kappa shape index (κ3) is 1.64. The van der Waals surface area contributed by atoms with Crippen molar-refractivity contribution in [2.45, 2.75) is 0 Å². The molecule has 0 amide bonds. The molecular formula is C14H10N2O2. The number of hydrogen-bond donors (Lipinski definition) is 1. The Morgan fingerprint density at radius 2 is 1.72 bits per heavy atom. The normalized spacial score (nSPS) is 10.7. The van der Waals surface area contributed by atoms with Crippen molar-refractivity contribution < 1.29 is 4.92 Å². The van der Waals surface area contributed by atoms with Crippen LogP contribution in [0, 0.1) is 10.1 Å². The molecule has 0 aliphatic carbocycles. The highest BCUT2D eigenvalue weighted by atomic mass is 16.6. The van der Waals surface area contributed by atoms with E-state index in [1.807, 2.05) is 30.5 Å². The zero-order valence-electron chi connectivity index (χ0n) is 9.46. The van der Waals surface area contributed by atoms with Crippen molar-refractivity contribution in [3.8, 4) is 11.1 Å². The van der Waals surface area contributed by atoms with E-state index in [0.29, 0.717) is 0 Å². The first-order valence-electron chi connectivity index (χ1n) is 5.56. The largest absolute Gasteiger partial charge is 0.361 e. The third-order valence-corrected chi connectivity index (χ3v) is 2.98. The number of benzene rings is 2. The van der Waals surface area contributed by atoms with Gasteiger partial charge in [0.25, 0.3) is 5.69 Å². The summed E-state index contributed by atoms with van der Waals surface area (Å²) >= 11 is 0. The van der Waals surface area contributed by atoms with E-state index in [1.54, 1.807) is 12.1 Å². The van der Waals surface area contributed by atoms with Crippen LogP contribution in [0.4, 0.5) is 5.69 Å². The van der Waals surface area contributed by atoms with Gasteiger partial charge in [-0.2, -0.15) is 0 Å². The van der Waals surface area contributed by atoms with Gasteiger partial charge in [0, 0.05) is 34.8 Å². The maximum Gasteiger partial charge on any atom is 0.269 e. The molecule has 1 heterocycles. The number of nitrogens with one attached hydrogen (secondary N) is 1. The van der Waals surface area contributed by atoms with Crippen molar-refractivity contribution in [1.82, 2.24) is 4.98 Å². The average molecular weight is 238 g/mol. The monoisotopic (exact) mass is 238 g/mol. The lowest BCUT2D eigenvalue weighted by Gasteiger charge is -1.99. The van der Waals surface area contributed by atoms with Gasteiger partial charge in [-0.1, -0.05) is 18.2 Å². The zero-order chi connectivity index (χ0) is 12.5. The summed E-state index contributed by atoms with van der Waals surface area (Å²) in [5.41, 5.74) is 3.20. The molecule has 0 fully saturated rings. The number of aromatic amines is 1. The van der Waals surface area contributed by atoms with Gasteiger partial charge < -0.3 is 4.98 Å². The second-order valence-corrected chi connectivity index (χ2v) is 4.05. The lowest BCUT2D eigenvalue weighted by molar-refractivity contribution is -0.384. The molecule has 4 nitrogen and oxygen atoms in total. The number of aromatic nitrogens is 1. The molecule has 0 aliphatic heterocycles. The number of H-pyrrole nitrogens is 1. The fraction of sp³-hybridized carbons (Fsp3) is 0. The van der Waals surface area contributed by atoms with E-state index in [4.69, 9.17) is 0 Å². The molecule has 1 aromatic heterocycles. The van der Waals surface area contributed by atoms with Crippen molar-refractivity contribution in [3.63, 3.8) is 0 Å². The molecule has 0 unspecified atom stereocenters. The molecule has 3 rings (SSSR count). The van der Waals surface area contributed by atoms with Crippen molar-refractivity contribution >= 4 is 16.6 Å². The first-order valence-corrected chi connectivity index (χ1v) is 5.56. The first-order chi connectivity index (χ1) is 8.75. The molecule has 1 N–H and O–H groups in total. The topological polar surface area (TPSA) is 58.9 Å². The molecule has 3 aromatic rings. The second-order valence-electron chi connectivity index (χ2n) is 4.05. The summed E-state index contributed by atoms with van der Waals surface area (Å²) in [6, 6.07) is 14.6. The molecule has 18 heavy (non-hydrogen) atoms. The van der Waals surface area contributed by atoms with E-state index in [9.17, 15) is 10.1 Å². The molecule has 88 valence electrons. The van der Waals surface area contributed by atoms with Gasteiger partial charge in [-0.15, -0.1) is 0 Å². The van der Waals surface area contributed by atoms with Crippen LogP contribution in [0.5, 0.6) is 0 Å². The van der Waals surface area contributed by atoms with Gasteiger partial charge >= 0.3 is 0 Å². The molecule has 4 heteroatoms. The van der Waals surface area contributed by atoms with Crippen molar-refractivity contribution in [2.75, 3.05) is 0 Å². The summed E-state index contributed by atoms with van der Waals surface area (Å²) in [4.78, 5) is 13.4. The van der Waals surface area contributed by atoms with Gasteiger partial charge in [-0.3, -0.25) is 10.1 Å². The maximum absolute atomic E-state index is 10.6. The molecule has 0 radical (unpaired) electrons. The number of hydrogen-bond acceptors (Lipinski definition) is 2. The second kappa shape index (κ2) is 4.00. The lowest BCUT2D eigenvalue weighted by Crippen LogP contribution is -1.86. The Kier molecular flexibility index (Phi) is 2.34. The minimum absolute atomic E-state index is 0.110. The highest BCUT2D eigenvalue weighted by Crippen LogP contribution is 2.29. The van der Waals surface area contributed by atoms with E-state index < -0.39 is 0 Å². The summed E-state index contributed by atoms with van der Waals surface area (Å²) in [7, 11) is 0. The van der Waals surface area contributed by atoms with Crippen LogP contribution in [0.1, 0.15) is 0 Å². The molecule has 0 atom stereocenters. The maximum atomic E-state index is 10.6. The summed E-state index contributed by atoms with van der Waals surface area (Å²) in [5.74, 6) is 0. The van der Waals surface area contributed by atoms with Crippen LogP contribution in [0.25, 0.3) is 22.0 Å². The number of nitro benzene ring substituents is 1. The quantitative estimate of drug-likeness (QED) is 0.546. The Morgan fingerprint density at radius 1 is 1.00 bits per heavy atom. The third-order valence-electron chi connectivity index (χ3n) is 2.98. The van der Waals surface area contributed by atoms with Gasteiger partial charge in [0.1, 0.15) is 0 Å². The average Bonchev–Trinajstić information content (AvgIpc) is 2.82. The van der Waals surface area contributed by atoms with Gasteiger partial charge in [0.2, 0.25) is 0 Å². The van der Waals surface area contributed by atoms with Gasteiger partial charge in [0.15, 0.2) is 0 Å². The highest BCUT2D eigenvalue weighted by molar-refractivity contribution is 5.95. The first kappa shape index (κ1) is 10.5. The van der Waals surface area contributed by atoms with Crippen LogP contribution < -0.4 is 0 Å². The summed E-state index contributed by atoms with van der Waals surface area (Å²) in [6.45, 7) is 0. The summed E-state index contributed by atoms with van der Waals surface area (Å²) in [6.07, 6.45) is 1.92. The number of para-hydroxylation sites is 1. The highest BCUT2D eigenvalue weighted by Gasteiger charge is 2.08. The Labute approximate surface area is 103 Å². The summed E-state index contributed by atoms with van der Waals surface area (Å²) in [5, 5.41) is 11.7. The predicted octanol–water partition coefficient (Wildman–Crippen LogP) is 3.74. The summed E-state index contributed by atoms with van der Waals surface area (Å²) < 4.78 is 0. The van der Waals surface area contributed by atoms with E-state index in [1.165, 1.54) is 12.1 Å². The number of non-ortho nitro benzene ring substituents is 1. The number of nitro groups is 1. The zero-order valence-corrected chi connectivity index (χ0v) is 9.46. The van der Waals surface area contributed by atoms with Crippen molar-refractivity contribution in [3.05, 3.63) is 64.8 Å². The van der Waals surface area contributed by atoms with E-state index in [2.05, 4.69) is 4.98 Å². The SMILES string of the molecule is O=[N+]([O-])c1ccc(-c2c[nH]c3ccccc23)cc1. The van der Waals surface area contributed by atoms with Crippen LogP contribution in [-0.4, -0.2) is 9.91 Å². The van der Waals surface area contributed by atoms with Crippen LogP contribution in [0.2, 0.25) is 0 Å². The minimum Gasteiger partial charge on any atom is -0.361 e. The lowest BCUT2D eigenvalue weighted by atomic mass is 10.0. The Balaban J connectivity index is 2.12. The number of rotatable bonds is 2. The van der Waals surface area contributed by atoms with E-state index in [-0.39, 0.29) is 10.6 Å². The van der Waals surface area contributed by atoms with Gasteiger partial charge in [-0.05, 0) is 23.8 Å². The van der Waals surface area contributed by atoms with Crippen LogP contribution in [0.3, 0.4) is 0 Å². The van der Waals surface area contributed by atoms with Gasteiger partial charge in [0.05, 0.1) is 4.92 Å². The fourth-order valence-electron chi connectivity index (χ4n) is 2.07. The molecule has 0 aliphatic rings. The van der Waals surface area contributed by atoms with Crippen LogP contribution >= 0.6 is 0 Å². The van der Waals surface area contributed by atoms with Gasteiger partial charge in [-0.25, -0.2) is 0 Å². The van der Waals surface area contributed by atoms with Crippen LogP contribution in [-0.2, 0) is 0 Å². The Bertz CT molecular complexity index is 714. The molecule has 0 bridgehead atoms. The van der Waals surface area contributed by atoms with Crippen molar-refractivity contribution in [1.29, 1.82) is 0 Å². The fourth-order valence-corrected chi connectivity index (χ4v) is 2.07. The molecular weight excluding hydrogens is 228 g/mol. The Hall–Kier alpha value is -2.62. The molecule has 0 spiro atoms. The predicted molar refractivity (Wildman–Crippen MR) is 70.4 cm³/mol. The molecule has 2 aromatic carbocycles. The molecule has 0 saturated carbocycles. The van der Waals surface area contributed by atoms with E-state index >= 15 is 0 Å². The molecule has 0 saturated heterocycles. The van der Waals surface area contributed by atoms with E-state index in [0.717, 1.165) is 22.0 Å².